The summed E-state index contributed by atoms with van der Waals surface area (Å²) in [5.74, 6) is -1.68. The van der Waals surface area contributed by atoms with Crippen LogP contribution in [0.2, 0.25) is 0 Å². The summed E-state index contributed by atoms with van der Waals surface area (Å²) in [5, 5.41) is 0. The van der Waals surface area contributed by atoms with Gasteiger partial charge in [0, 0.05) is 18.2 Å². The second kappa shape index (κ2) is 7.53. The van der Waals surface area contributed by atoms with Gasteiger partial charge in [0.25, 0.3) is 0 Å². The Hall–Kier alpha value is -1.04. The highest BCUT2D eigenvalue weighted by Crippen LogP contribution is 2.18. The molecular formula is C14H23F2N3. The van der Waals surface area contributed by atoms with Gasteiger partial charge in [0.1, 0.15) is 0 Å². The SMILES string of the molecule is CN(C)CCCN(C)CC(N)c1cccc(F)c1F. The van der Waals surface area contributed by atoms with Crippen molar-refractivity contribution < 1.29 is 8.78 Å². The molecule has 2 N–H and O–H groups in total. The molecule has 0 saturated heterocycles. The number of benzene rings is 1. The molecule has 1 rings (SSSR count). The van der Waals surface area contributed by atoms with Crippen LogP contribution in [-0.2, 0) is 0 Å². The summed E-state index contributed by atoms with van der Waals surface area (Å²) in [6, 6.07) is 3.61. The van der Waals surface area contributed by atoms with Gasteiger partial charge in [-0.05, 0) is 46.7 Å². The fourth-order valence-electron chi connectivity index (χ4n) is 1.99. The second-order valence-corrected chi connectivity index (χ2v) is 5.17. The second-order valence-electron chi connectivity index (χ2n) is 5.17. The van der Waals surface area contributed by atoms with Crippen molar-refractivity contribution in [3.05, 3.63) is 35.4 Å². The van der Waals surface area contributed by atoms with E-state index in [1.165, 1.54) is 12.1 Å². The summed E-state index contributed by atoms with van der Waals surface area (Å²) in [6.07, 6.45) is 1.02. The lowest BCUT2D eigenvalue weighted by atomic mass is 10.1. The predicted molar refractivity (Wildman–Crippen MR) is 74.0 cm³/mol. The standard InChI is InChI=1S/C14H23F2N3/c1-18(2)8-5-9-19(3)10-13(17)11-6-4-7-12(15)14(11)16/h4,6-7,13H,5,8-10,17H2,1-3H3. The number of halogens is 2. The lowest BCUT2D eigenvalue weighted by molar-refractivity contribution is 0.284. The zero-order valence-corrected chi connectivity index (χ0v) is 11.9. The fraction of sp³-hybridized carbons (Fsp3) is 0.571. The van der Waals surface area contributed by atoms with Crippen LogP contribution in [0.4, 0.5) is 8.78 Å². The van der Waals surface area contributed by atoms with Gasteiger partial charge in [0.15, 0.2) is 11.6 Å². The molecule has 0 saturated carbocycles. The van der Waals surface area contributed by atoms with Crippen LogP contribution in [0.25, 0.3) is 0 Å². The van der Waals surface area contributed by atoms with Gasteiger partial charge < -0.3 is 15.5 Å². The molecule has 108 valence electrons. The third-order valence-corrected chi connectivity index (χ3v) is 3.03. The van der Waals surface area contributed by atoms with Gasteiger partial charge in [-0.25, -0.2) is 8.78 Å². The molecule has 0 radical (unpaired) electrons. The Morgan fingerprint density at radius 3 is 2.47 bits per heavy atom. The number of rotatable bonds is 7. The van der Waals surface area contributed by atoms with Crippen molar-refractivity contribution in [3.63, 3.8) is 0 Å². The molecule has 5 heteroatoms. The summed E-state index contributed by atoms with van der Waals surface area (Å²) in [4.78, 5) is 4.15. The smallest absolute Gasteiger partial charge is 0.163 e. The van der Waals surface area contributed by atoms with Crippen LogP contribution in [0.1, 0.15) is 18.0 Å². The average Bonchev–Trinajstić information content (AvgIpc) is 2.31. The van der Waals surface area contributed by atoms with Crippen LogP contribution < -0.4 is 5.73 Å². The molecule has 0 spiro atoms. The average molecular weight is 271 g/mol. The molecule has 0 aliphatic rings. The van der Waals surface area contributed by atoms with E-state index in [1.807, 2.05) is 26.0 Å². The summed E-state index contributed by atoms with van der Waals surface area (Å²) < 4.78 is 26.7. The van der Waals surface area contributed by atoms with Crippen LogP contribution in [0.3, 0.4) is 0 Å². The summed E-state index contributed by atoms with van der Waals surface area (Å²) in [5.41, 5.74) is 6.17. The minimum absolute atomic E-state index is 0.236. The molecule has 0 bridgehead atoms. The lowest BCUT2D eigenvalue weighted by Crippen LogP contribution is -2.31. The van der Waals surface area contributed by atoms with E-state index in [0.717, 1.165) is 25.6 Å². The maximum Gasteiger partial charge on any atom is 0.163 e. The Kier molecular flexibility index (Phi) is 6.34. The van der Waals surface area contributed by atoms with E-state index in [4.69, 9.17) is 5.73 Å². The van der Waals surface area contributed by atoms with Gasteiger partial charge in [-0.15, -0.1) is 0 Å². The summed E-state index contributed by atoms with van der Waals surface area (Å²) >= 11 is 0. The Morgan fingerprint density at radius 1 is 1.16 bits per heavy atom. The monoisotopic (exact) mass is 271 g/mol. The van der Waals surface area contributed by atoms with Gasteiger partial charge in [-0.1, -0.05) is 12.1 Å². The molecule has 0 aliphatic heterocycles. The highest BCUT2D eigenvalue weighted by Gasteiger charge is 2.16. The molecule has 0 aliphatic carbocycles. The molecule has 0 fully saturated rings. The third-order valence-electron chi connectivity index (χ3n) is 3.03. The van der Waals surface area contributed by atoms with Crippen molar-refractivity contribution in [1.29, 1.82) is 0 Å². The fourth-order valence-corrected chi connectivity index (χ4v) is 1.99. The zero-order chi connectivity index (χ0) is 14.4. The first kappa shape index (κ1) is 16.0. The molecule has 0 aromatic heterocycles. The Bertz CT molecular complexity index is 396. The molecule has 1 aromatic carbocycles. The third kappa shape index (κ3) is 5.22. The number of nitrogens with zero attached hydrogens (tertiary/aromatic N) is 2. The minimum atomic E-state index is -0.844. The highest BCUT2D eigenvalue weighted by atomic mass is 19.2. The number of nitrogens with two attached hydrogens (primary N) is 1. The van der Waals surface area contributed by atoms with Gasteiger partial charge in [0.2, 0.25) is 0 Å². The van der Waals surface area contributed by atoms with E-state index >= 15 is 0 Å². The van der Waals surface area contributed by atoms with Gasteiger partial charge in [0.05, 0.1) is 0 Å². The predicted octanol–water partition coefficient (Wildman–Crippen LogP) is 1.85. The van der Waals surface area contributed by atoms with E-state index < -0.39 is 17.7 Å². The Balaban J connectivity index is 2.50. The van der Waals surface area contributed by atoms with E-state index in [-0.39, 0.29) is 5.56 Å². The van der Waals surface area contributed by atoms with E-state index in [2.05, 4.69) is 4.90 Å². The summed E-state index contributed by atoms with van der Waals surface area (Å²) in [7, 11) is 5.98. The zero-order valence-electron chi connectivity index (χ0n) is 11.9. The Morgan fingerprint density at radius 2 is 1.84 bits per heavy atom. The topological polar surface area (TPSA) is 32.5 Å². The van der Waals surface area contributed by atoms with Crippen molar-refractivity contribution in [3.8, 4) is 0 Å². The number of hydrogen-bond donors (Lipinski definition) is 1. The maximum absolute atomic E-state index is 13.6. The van der Waals surface area contributed by atoms with Gasteiger partial charge >= 0.3 is 0 Å². The molecule has 19 heavy (non-hydrogen) atoms. The van der Waals surface area contributed by atoms with Gasteiger partial charge in [-0.3, -0.25) is 0 Å². The van der Waals surface area contributed by atoms with Crippen LogP contribution in [-0.4, -0.2) is 50.6 Å². The van der Waals surface area contributed by atoms with Crippen molar-refractivity contribution in [2.75, 3.05) is 40.8 Å². The first-order valence-electron chi connectivity index (χ1n) is 6.44. The van der Waals surface area contributed by atoms with Crippen LogP contribution >= 0.6 is 0 Å². The van der Waals surface area contributed by atoms with Crippen molar-refractivity contribution in [1.82, 2.24) is 9.80 Å². The molecular weight excluding hydrogens is 248 g/mol. The van der Waals surface area contributed by atoms with E-state index in [0.29, 0.717) is 6.54 Å². The quantitative estimate of drug-likeness (QED) is 0.821. The first-order chi connectivity index (χ1) is 8.91. The number of hydrogen-bond acceptors (Lipinski definition) is 3. The lowest BCUT2D eigenvalue weighted by Gasteiger charge is -2.22. The Labute approximate surface area is 114 Å². The molecule has 1 atom stereocenters. The normalized spacial score (nSPS) is 13.3. The molecule has 0 amide bonds. The molecule has 1 aromatic rings. The number of likely N-dealkylation sites (N-methyl/N-ethyl adjacent to an activating group) is 1. The van der Waals surface area contributed by atoms with Crippen molar-refractivity contribution in [2.45, 2.75) is 12.5 Å². The van der Waals surface area contributed by atoms with E-state index in [9.17, 15) is 8.78 Å². The largest absolute Gasteiger partial charge is 0.323 e. The van der Waals surface area contributed by atoms with Crippen LogP contribution in [0, 0.1) is 11.6 Å². The molecule has 3 nitrogen and oxygen atoms in total. The van der Waals surface area contributed by atoms with Crippen molar-refractivity contribution >= 4 is 0 Å². The van der Waals surface area contributed by atoms with Crippen LogP contribution in [0.15, 0.2) is 18.2 Å². The molecule has 0 heterocycles. The maximum atomic E-state index is 13.6. The van der Waals surface area contributed by atoms with Gasteiger partial charge in [-0.2, -0.15) is 0 Å². The van der Waals surface area contributed by atoms with Crippen LogP contribution in [0.5, 0.6) is 0 Å². The van der Waals surface area contributed by atoms with Crippen molar-refractivity contribution in [2.24, 2.45) is 5.73 Å². The highest BCUT2D eigenvalue weighted by molar-refractivity contribution is 5.22. The minimum Gasteiger partial charge on any atom is -0.323 e. The first-order valence-corrected chi connectivity index (χ1v) is 6.44. The van der Waals surface area contributed by atoms with E-state index in [1.54, 1.807) is 0 Å². The summed E-state index contributed by atoms with van der Waals surface area (Å²) in [6.45, 7) is 2.38. The molecule has 1 unspecified atom stereocenters.